The minimum absolute atomic E-state index is 0.514. The van der Waals surface area contributed by atoms with Gasteiger partial charge in [-0.15, -0.1) is 0 Å². The van der Waals surface area contributed by atoms with Crippen LogP contribution in [0.2, 0.25) is 0 Å². The molecule has 0 aliphatic carbocycles. The molecule has 54 valence electrons. The zero-order valence-corrected chi connectivity index (χ0v) is 6.54. The van der Waals surface area contributed by atoms with Gasteiger partial charge in [-0.25, -0.2) is 0 Å². The van der Waals surface area contributed by atoms with Crippen LogP contribution >= 0.6 is 0 Å². The molecular formula is C6H13NOS. The van der Waals surface area contributed by atoms with Gasteiger partial charge in [0.1, 0.15) is 0 Å². The van der Waals surface area contributed by atoms with E-state index >= 15 is 0 Å². The first-order valence-corrected chi connectivity index (χ1v) is 4.90. The van der Waals surface area contributed by atoms with E-state index in [4.69, 9.17) is 0 Å². The summed E-state index contributed by atoms with van der Waals surface area (Å²) in [7, 11) is -0.533. The lowest BCUT2D eigenvalue weighted by molar-refractivity contribution is 0.536. The minimum Gasteiger partial charge on any atom is -0.312 e. The molecule has 3 heteroatoms. The van der Waals surface area contributed by atoms with Gasteiger partial charge in [0.2, 0.25) is 0 Å². The molecule has 1 N–H and O–H groups in total. The summed E-state index contributed by atoms with van der Waals surface area (Å²) in [6, 6.07) is 0.514. The van der Waals surface area contributed by atoms with Crippen LogP contribution in [0.3, 0.4) is 0 Å². The third-order valence-corrected chi connectivity index (χ3v) is 3.08. The van der Waals surface area contributed by atoms with Crippen LogP contribution in [0.1, 0.15) is 13.3 Å². The molecule has 2 atom stereocenters. The van der Waals surface area contributed by atoms with Gasteiger partial charge in [-0.05, 0) is 6.42 Å². The molecular weight excluding hydrogens is 134 g/mol. The third kappa shape index (κ3) is 2.06. The van der Waals surface area contributed by atoms with Crippen LogP contribution in [0.4, 0.5) is 0 Å². The van der Waals surface area contributed by atoms with Crippen LogP contribution in [-0.4, -0.2) is 28.3 Å². The summed E-state index contributed by atoms with van der Waals surface area (Å²) in [6.07, 6.45) is 1.10. The second kappa shape index (κ2) is 3.32. The van der Waals surface area contributed by atoms with Gasteiger partial charge in [-0.1, -0.05) is 6.92 Å². The van der Waals surface area contributed by atoms with Crippen LogP contribution in [-0.2, 0) is 10.8 Å². The van der Waals surface area contributed by atoms with Crippen molar-refractivity contribution >= 4 is 10.8 Å². The normalized spacial score (nSPS) is 36.6. The van der Waals surface area contributed by atoms with Gasteiger partial charge >= 0.3 is 0 Å². The zero-order chi connectivity index (χ0) is 6.69. The van der Waals surface area contributed by atoms with Gasteiger partial charge in [0.25, 0.3) is 0 Å². The molecule has 1 rings (SSSR count). The van der Waals surface area contributed by atoms with Crippen LogP contribution in [0, 0.1) is 0 Å². The van der Waals surface area contributed by atoms with Crippen LogP contribution in [0.15, 0.2) is 0 Å². The van der Waals surface area contributed by atoms with Crippen molar-refractivity contribution in [2.45, 2.75) is 19.4 Å². The molecule has 2 unspecified atom stereocenters. The highest BCUT2D eigenvalue weighted by atomic mass is 32.2. The minimum atomic E-state index is -0.533. The van der Waals surface area contributed by atoms with E-state index in [1.54, 1.807) is 0 Å². The average molecular weight is 147 g/mol. The highest BCUT2D eigenvalue weighted by molar-refractivity contribution is 7.85. The van der Waals surface area contributed by atoms with Gasteiger partial charge in [0.05, 0.1) is 0 Å². The highest BCUT2D eigenvalue weighted by Crippen LogP contribution is 1.99. The Hall–Kier alpha value is 0.110. The Morgan fingerprint density at radius 3 is 3.00 bits per heavy atom. The van der Waals surface area contributed by atoms with E-state index < -0.39 is 10.8 Å². The Balaban J connectivity index is 2.32. The largest absolute Gasteiger partial charge is 0.312 e. The fourth-order valence-corrected chi connectivity index (χ4v) is 2.32. The van der Waals surface area contributed by atoms with E-state index in [0.29, 0.717) is 6.04 Å². The molecule has 0 radical (unpaired) electrons. The van der Waals surface area contributed by atoms with E-state index in [0.717, 1.165) is 24.5 Å². The summed E-state index contributed by atoms with van der Waals surface area (Å²) in [5.74, 6) is 1.70. The molecule has 0 saturated carbocycles. The molecule has 1 aliphatic heterocycles. The second-order valence-electron chi connectivity index (χ2n) is 2.37. The average Bonchev–Trinajstić information content (AvgIpc) is 1.88. The summed E-state index contributed by atoms with van der Waals surface area (Å²) in [5, 5.41) is 3.31. The zero-order valence-electron chi connectivity index (χ0n) is 5.72. The molecule has 0 amide bonds. The van der Waals surface area contributed by atoms with E-state index in [1.165, 1.54) is 0 Å². The lowest BCUT2D eigenvalue weighted by Crippen LogP contribution is -2.41. The maximum atomic E-state index is 10.9. The first kappa shape index (κ1) is 7.22. The predicted octanol–water partition coefficient (Wildman–Crippen LogP) is 0.117. The van der Waals surface area contributed by atoms with E-state index in [9.17, 15) is 4.21 Å². The summed E-state index contributed by atoms with van der Waals surface area (Å²) in [6.45, 7) is 3.06. The summed E-state index contributed by atoms with van der Waals surface area (Å²) < 4.78 is 10.9. The van der Waals surface area contributed by atoms with Gasteiger partial charge < -0.3 is 5.32 Å². The van der Waals surface area contributed by atoms with Crippen molar-refractivity contribution in [3.63, 3.8) is 0 Å². The summed E-state index contributed by atoms with van der Waals surface area (Å²) in [4.78, 5) is 0. The van der Waals surface area contributed by atoms with Crippen LogP contribution < -0.4 is 5.32 Å². The topological polar surface area (TPSA) is 29.1 Å². The Bertz CT molecular complexity index is 116. The van der Waals surface area contributed by atoms with Crippen LogP contribution in [0.25, 0.3) is 0 Å². The quantitative estimate of drug-likeness (QED) is 0.570. The number of hydrogen-bond donors (Lipinski definition) is 1. The van der Waals surface area contributed by atoms with Gasteiger partial charge in [-0.3, -0.25) is 4.21 Å². The van der Waals surface area contributed by atoms with Gasteiger partial charge in [0, 0.05) is 34.9 Å². The predicted molar refractivity (Wildman–Crippen MR) is 40.0 cm³/mol. The van der Waals surface area contributed by atoms with Crippen molar-refractivity contribution < 1.29 is 4.21 Å². The number of rotatable bonds is 1. The van der Waals surface area contributed by atoms with E-state index in [2.05, 4.69) is 12.2 Å². The number of hydrogen-bond acceptors (Lipinski definition) is 2. The van der Waals surface area contributed by atoms with Gasteiger partial charge in [-0.2, -0.15) is 0 Å². The maximum absolute atomic E-state index is 10.9. The molecule has 1 fully saturated rings. The molecule has 0 bridgehead atoms. The van der Waals surface area contributed by atoms with E-state index in [1.807, 2.05) is 0 Å². The molecule has 1 aliphatic rings. The molecule has 1 heterocycles. The lowest BCUT2D eigenvalue weighted by Gasteiger charge is -2.21. The molecule has 0 aromatic rings. The fourth-order valence-electron chi connectivity index (χ4n) is 1.01. The van der Waals surface area contributed by atoms with Crippen molar-refractivity contribution in [3.8, 4) is 0 Å². The SMILES string of the molecule is CCC1CS(=O)CCN1. The van der Waals surface area contributed by atoms with Crippen molar-refractivity contribution in [3.05, 3.63) is 0 Å². The Labute approximate surface area is 58.5 Å². The molecule has 0 spiro atoms. The Kier molecular flexibility index (Phi) is 2.66. The molecule has 2 nitrogen and oxygen atoms in total. The second-order valence-corrected chi connectivity index (χ2v) is 3.99. The summed E-state index contributed by atoms with van der Waals surface area (Å²) in [5.41, 5.74) is 0. The smallest absolute Gasteiger partial charge is 0.0389 e. The van der Waals surface area contributed by atoms with Gasteiger partial charge in [0.15, 0.2) is 0 Å². The summed E-state index contributed by atoms with van der Waals surface area (Å²) >= 11 is 0. The first-order chi connectivity index (χ1) is 4.33. The van der Waals surface area contributed by atoms with Crippen molar-refractivity contribution in [2.24, 2.45) is 0 Å². The first-order valence-electron chi connectivity index (χ1n) is 3.41. The van der Waals surface area contributed by atoms with Crippen molar-refractivity contribution in [1.82, 2.24) is 5.32 Å². The molecule has 9 heavy (non-hydrogen) atoms. The molecule has 1 saturated heterocycles. The maximum Gasteiger partial charge on any atom is 0.0389 e. The molecule has 0 aromatic heterocycles. The monoisotopic (exact) mass is 147 g/mol. The number of nitrogens with one attached hydrogen (secondary N) is 1. The van der Waals surface area contributed by atoms with Crippen molar-refractivity contribution in [2.75, 3.05) is 18.1 Å². The molecule has 0 aromatic carbocycles. The fraction of sp³-hybridized carbons (Fsp3) is 1.00. The van der Waals surface area contributed by atoms with E-state index in [-0.39, 0.29) is 0 Å². The Morgan fingerprint density at radius 2 is 2.56 bits per heavy atom. The van der Waals surface area contributed by atoms with Crippen LogP contribution in [0.5, 0.6) is 0 Å². The lowest BCUT2D eigenvalue weighted by atomic mass is 10.2. The Morgan fingerprint density at radius 1 is 1.78 bits per heavy atom. The van der Waals surface area contributed by atoms with Crippen molar-refractivity contribution in [1.29, 1.82) is 0 Å². The highest BCUT2D eigenvalue weighted by Gasteiger charge is 2.14. The third-order valence-electron chi connectivity index (χ3n) is 1.64. The standard InChI is InChI=1S/C6H13NOS/c1-2-6-5-9(8)4-3-7-6/h6-7H,2-5H2,1H3.